The highest BCUT2D eigenvalue weighted by molar-refractivity contribution is 6.06. The van der Waals surface area contributed by atoms with E-state index >= 15 is 0 Å². The Morgan fingerprint density at radius 1 is 1.17 bits per heavy atom. The SMILES string of the molecule is C[C@H]1CC[C@@H]2[C@@H](OC(=O)[C@]23CC(c2ccc(O)cc2)=NO3)[C@]2(C)C(=O)C=C[C@@]12O. The van der Waals surface area contributed by atoms with Crippen LogP contribution in [0, 0.1) is 17.3 Å². The van der Waals surface area contributed by atoms with Crippen LogP contribution in [0.15, 0.2) is 41.6 Å². The largest absolute Gasteiger partial charge is 0.508 e. The number of carbonyl (C=O) groups is 2. The van der Waals surface area contributed by atoms with Crippen LogP contribution in [0.5, 0.6) is 5.75 Å². The predicted molar refractivity (Wildman–Crippen MR) is 102 cm³/mol. The van der Waals surface area contributed by atoms with Gasteiger partial charge < -0.3 is 19.8 Å². The highest BCUT2D eigenvalue weighted by Crippen LogP contribution is 2.59. The van der Waals surface area contributed by atoms with Crippen molar-refractivity contribution < 1.29 is 29.4 Å². The Bertz CT molecular complexity index is 968. The van der Waals surface area contributed by atoms with Gasteiger partial charge in [-0.15, -0.1) is 0 Å². The van der Waals surface area contributed by atoms with Crippen molar-refractivity contribution in [1.29, 1.82) is 0 Å². The Labute approximate surface area is 168 Å². The van der Waals surface area contributed by atoms with E-state index in [-0.39, 0.29) is 23.9 Å². The van der Waals surface area contributed by atoms with Crippen molar-refractivity contribution in [1.82, 2.24) is 0 Å². The maximum Gasteiger partial charge on any atom is 0.354 e. The van der Waals surface area contributed by atoms with Crippen molar-refractivity contribution in [3.8, 4) is 5.75 Å². The molecule has 152 valence electrons. The van der Waals surface area contributed by atoms with Crippen LogP contribution in [-0.2, 0) is 19.2 Å². The topological polar surface area (TPSA) is 105 Å². The first-order chi connectivity index (χ1) is 13.7. The number of benzene rings is 1. The van der Waals surface area contributed by atoms with Crippen LogP contribution in [-0.4, -0.2) is 45.0 Å². The van der Waals surface area contributed by atoms with Gasteiger partial charge in [0.25, 0.3) is 0 Å². The fourth-order valence-corrected chi connectivity index (χ4v) is 5.60. The lowest BCUT2D eigenvalue weighted by Gasteiger charge is -2.43. The maximum atomic E-state index is 13.1. The second-order valence-electron chi connectivity index (χ2n) is 8.88. The zero-order valence-electron chi connectivity index (χ0n) is 16.3. The third kappa shape index (κ3) is 2.14. The summed E-state index contributed by atoms with van der Waals surface area (Å²) in [6.45, 7) is 3.61. The molecule has 2 N–H and O–H groups in total. The minimum atomic E-state index is -1.37. The van der Waals surface area contributed by atoms with Crippen molar-refractivity contribution in [2.75, 3.05) is 0 Å². The number of hydrogen-bond donors (Lipinski definition) is 2. The molecule has 1 spiro atoms. The molecule has 2 aliphatic heterocycles. The predicted octanol–water partition coefficient (Wildman–Crippen LogP) is 2.10. The molecule has 0 radical (unpaired) electrons. The Balaban J connectivity index is 1.53. The van der Waals surface area contributed by atoms with Crippen molar-refractivity contribution in [3.63, 3.8) is 0 Å². The highest BCUT2D eigenvalue weighted by Gasteiger charge is 2.73. The Morgan fingerprint density at radius 3 is 2.62 bits per heavy atom. The number of fused-ring (bicyclic) bond motifs is 4. The van der Waals surface area contributed by atoms with Gasteiger partial charge in [-0.05, 0) is 67.7 Å². The molecular weight excluding hydrogens is 374 g/mol. The van der Waals surface area contributed by atoms with Gasteiger partial charge >= 0.3 is 5.97 Å². The number of ketones is 1. The molecule has 2 fully saturated rings. The lowest BCUT2D eigenvalue weighted by Crippen LogP contribution is -2.57. The number of hydrogen-bond acceptors (Lipinski definition) is 7. The molecule has 0 bridgehead atoms. The number of esters is 1. The standard InChI is InChI=1S/C22H23NO6/c1-12-3-8-15-18(20(2)17(25)9-10-22(12,20)27)28-19(26)21(15)11-16(23-29-21)13-4-6-14(24)7-5-13/h4-7,9-10,12,15,18,24,27H,3,8,11H2,1-2H3/t12-,15+,18+,20-,21-,22+/m0/s1. The van der Waals surface area contributed by atoms with Crippen molar-refractivity contribution in [2.24, 2.45) is 22.4 Å². The van der Waals surface area contributed by atoms with Gasteiger partial charge in [-0.3, -0.25) is 4.79 Å². The molecule has 1 aromatic carbocycles. The summed E-state index contributed by atoms with van der Waals surface area (Å²) in [5, 5.41) is 25.1. The molecule has 1 saturated heterocycles. The number of carbonyl (C=O) groups excluding carboxylic acids is 2. The summed E-state index contributed by atoms with van der Waals surface area (Å²) < 4.78 is 5.79. The first kappa shape index (κ1) is 18.4. The number of ether oxygens (including phenoxy) is 1. The number of phenolic OH excluding ortho intramolecular Hbond substituents is 1. The molecule has 7 nitrogen and oxygen atoms in total. The highest BCUT2D eigenvalue weighted by atomic mass is 16.7. The smallest absolute Gasteiger partial charge is 0.354 e. The number of rotatable bonds is 1. The average molecular weight is 397 g/mol. The van der Waals surface area contributed by atoms with Crippen molar-refractivity contribution in [2.45, 2.75) is 50.4 Å². The van der Waals surface area contributed by atoms with Gasteiger partial charge in [0.1, 0.15) is 22.9 Å². The summed E-state index contributed by atoms with van der Waals surface area (Å²) in [5.74, 6) is -1.20. The molecule has 1 saturated carbocycles. The van der Waals surface area contributed by atoms with Gasteiger partial charge in [0.2, 0.25) is 5.60 Å². The number of nitrogens with zero attached hydrogens (tertiary/aromatic N) is 1. The number of allylic oxidation sites excluding steroid dienone is 1. The van der Waals surface area contributed by atoms with Gasteiger partial charge in [0.15, 0.2) is 5.78 Å². The maximum absolute atomic E-state index is 13.1. The summed E-state index contributed by atoms with van der Waals surface area (Å²) in [6, 6.07) is 6.54. The quantitative estimate of drug-likeness (QED) is 0.703. The molecule has 7 heteroatoms. The molecule has 2 aliphatic carbocycles. The molecule has 1 aromatic rings. The fourth-order valence-electron chi connectivity index (χ4n) is 5.60. The van der Waals surface area contributed by atoms with Crippen LogP contribution < -0.4 is 0 Å². The Kier molecular flexibility index (Phi) is 3.60. The zero-order chi connectivity index (χ0) is 20.6. The van der Waals surface area contributed by atoms with E-state index in [1.807, 2.05) is 6.92 Å². The summed E-state index contributed by atoms with van der Waals surface area (Å²) in [7, 11) is 0. The number of aliphatic hydroxyl groups is 1. The zero-order valence-corrected chi connectivity index (χ0v) is 16.3. The van der Waals surface area contributed by atoms with E-state index in [9.17, 15) is 19.8 Å². The average Bonchev–Trinajstić information content (AvgIpc) is 3.32. The van der Waals surface area contributed by atoms with E-state index in [1.165, 1.54) is 6.08 Å². The van der Waals surface area contributed by atoms with Crippen LogP contribution in [0.4, 0.5) is 0 Å². The number of phenols is 1. The van der Waals surface area contributed by atoms with E-state index in [1.54, 1.807) is 37.3 Å². The first-order valence-electron chi connectivity index (χ1n) is 9.94. The molecule has 0 amide bonds. The minimum Gasteiger partial charge on any atom is -0.508 e. The molecule has 4 aliphatic rings. The second-order valence-corrected chi connectivity index (χ2v) is 8.88. The van der Waals surface area contributed by atoms with Crippen LogP contribution in [0.25, 0.3) is 0 Å². The van der Waals surface area contributed by atoms with E-state index in [0.717, 1.165) is 5.56 Å². The lowest BCUT2D eigenvalue weighted by molar-refractivity contribution is -0.169. The third-order valence-electron chi connectivity index (χ3n) is 7.56. The third-order valence-corrected chi connectivity index (χ3v) is 7.56. The molecule has 0 aromatic heterocycles. The van der Waals surface area contributed by atoms with Crippen LogP contribution >= 0.6 is 0 Å². The van der Waals surface area contributed by atoms with Crippen molar-refractivity contribution >= 4 is 17.5 Å². The summed E-state index contributed by atoms with van der Waals surface area (Å²) in [4.78, 5) is 31.7. The van der Waals surface area contributed by atoms with Crippen LogP contribution in [0.3, 0.4) is 0 Å². The normalized spacial score (nSPS) is 42.9. The number of aromatic hydroxyl groups is 1. The van der Waals surface area contributed by atoms with E-state index in [0.29, 0.717) is 18.6 Å². The lowest BCUT2D eigenvalue weighted by atomic mass is 9.63. The Hall–Kier alpha value is -2.67. The number of oxime groups is 1. The van der Waals surface area contributed by atoms with Gasteiger partial charge in [0, 0.05) is 6.42 Å². The Morgan fingerprint density at radius 2 is 1.90 bits per heavy atom. The molecule has 0 unspecified atom stereocenters. The van der Waals surface area contributed by atoms with Gasteiger partial charge in [-0.25, -0.2) is 4.79 Å². The minimum absolute atomic E-state index is 0.139. The summed E-state index contributed by atoms with van der Waals surface area (Å²) in [5.41, 5.74) is -2.57. The van der Waals surface area contributed by atoms with Crippen LogP contribution in [0.1, 0.15) is 38.7 Å². The fraction of sp³-hybridized carbons (Fsp3) is 0.500. The summed E-state index contributed by atoms with van der Waals surface area (Å²) >= 11 is 0. The van der Waals surface area contributed by atoms with Gasteiger partial charge in [-0.2, -0.15) is 0 Å². The first-order valence-corrected chi connectivity index (χ1v) is 9.94. The van der Waals surface area contributed by atoms with Gasteiger partial charge in [0.05, 0.1) is 11.6 Å². The van der Waals surface area contributed by atoms with Gasteiger partial charge in [-0.1, -0.05) is 12.1 Å². The van der Waals surface area contributed by atoms with E-state index in [4.69, 9.17) is 9.57 Å². The monoisotopic (exact) mass is 397 g/mol. The van der Waals surface area contributed by atoms with Crippen molar-refractivity contribution in [3.05, 3.63) is 42.0 Å². The van der Waals surface area contributed by atoms with E-state index in [2.05, 4.69) is 5.16 Å². The molecule has 6 atom stereocenters. The molecule has 2 heterocycles. The molecule has 29 heavy (non-hydrogen) atoms. The molecule has 5 rings (SSSR count). The summed E-state index contributed by atoms with van der Waals surface area (Å²) in [6.07, 6.45) is 3.61. The van der Waals surface area contributed by atoms with E-state index < -0.39 is 34.6 Å². The molecular formula is C22H23NO6. The van der Waals surface area contributed by atoms with Crippen LogP contribution in [0.2, 0.25) is 0 Å². The second kappa shape index (κ2) is 5.69.